The van der Waals surface area contributed by atoms with E-state index in [0.717, 1.165) is 5.01 Å². The predicted octanol–water partition coefficient (Wildman–Crippen LogP) is -3.08. The molecule has 0 radical (unpaired) electrons. The van der Waals surface area contributed by atoms with E-state index in [2.05, 4.69) is 0 Å². The third kappa shape index (κ3) is 1.92. The number of H-pyrrole nitrogens is 1. The SMILES string of the molecule is O=c1[nH]c(=O)n(N2C[C@H](CO)[C@@H](O)[C@H]2O)cc1F. The lowest BCUT2D eigenvalue weighted by atomic mass is 10.1. The van der Waals surface area contributed by atoms with E-state index in [1.807, 2.05) is 0 Å². The molecule has 1 aliphatic rings. The summed E-state index contributed by atoms with van der Waals surface area (Å²) in [6.45, 7) is -0.445. The van der Waals surface area contributed by atoms with Crippen molar-refractivity contribution in [1.29, 1.82) is 0 Å². The van der Waals surface area contributed by atoms with E-state index in [9.17, 15) is 24.2 Å². The number of hydrogen-bond acceptors (Lipinski definition) is 6. The molecule has 2 rings (SSSR count). The smallest absolute Gasteiger partial charge is 0.347 e. The quantitative estimate of drug-likeness (QED) is 0.448. The Balaban J connectivity index is 2.42. The van der Waals surface area contributed by atoms with Gasteiger partial charge in [-0.25, -0.2) is 9.47 Å². The Morgan fingerprint density at radius 3 is 2.67 bits per heavy atom. The molecule has 1 fully saturated rings. The number of aliphatic hydroxyl groups is 3. The summed E-state index contributed by atoms with van der Waals surface area (Å²) in [5.74, 6) is -1.86. The van der Waals surface area contributed by atoms with Gasteiger partial charge in [-0.2, -0.15) is 4.39 Å². The van der Waals surface area contributed by atoms with Gasteiger partial charge in [-0.3, -0.25) is 14.8 Å². The van der Waals surface area contributed by atoms with E-state index in [1.165, 1.54) is 0 Å². The summed E-state index contributed by atoms with van der Waals surface area (Å²) >= 11 is 0. The molecule has 8 nitrogen and oxygen atoms in total. The molecule has 1 saturated heterocycles. The number of aliphatic hydroxyl groups excluding tert-OH is 3. The van der Waals surface area contributed by atoms with E-state index in [4.69, 9.17) is 5.11 Å². The van der Waals surface area contributed by atoms with Crippen LogP contribution in [0.2, 0.25) is 0 Å². The van der Waals surface area contributed by atoms with Gasteiger partial charge in [0.1, 0.15) is 6.10 Å². The average molecular weight is 261 g/mol. The molecule has 0 amide bonds. The molecule has 0 saturated carbocycles. The molecule has 1 aromatic heterocycles. The van der Waals surface area contributed by atoms with E-state index in [-0.39, 0.29) is 6.54 Å². The second kappa shape index (κ2) is 4.52. The number of aromatic amines is 1. The van der Waals surface area contributed by atoms with Gasteiger partial charge in [0.2, 0.25) is 5.82 Å². The van der Waals surface area contributed by atoms with Crippen LogP contribution in [0.3, 0.4) is 0 Å². The lowest BCUT2D eigenvalue weighted by Gasteiger charge is -2.24. The third-order valence-corrected chi connectivity index (χ3v) is 2.91. The normalized spacial score (nSPS) is 27.8. The van der Waals surface area contributed by atoms with Crippen molar-refractivity contribution in [1.82, 2.24) is 9.66 Å². The summed E-state index contributed by atoms with van der Waals surface area (Å²) in [6.07, 6.45) is -2.11. The van der Waals surface area contributed by atoms with Crippen molar-refractivity contribution in [2.45, 2.75) is 12.3 Å². The zero-order valence-electron chi connectivity index (χ0n) is 9.15. The topological polar surface area (TPSA) is 119 Å². The Hall–Kier alpha value is -1.71. The van der Waals surface area contributed by atoms with Gasteiger partial charge in [0.25, 0.3) is 5.56 Å². The van der Waals surface area contributed by atoms with Gasteiger partial charge in [0.05, 0.1) is 12.8 Å². The maximum atomic E-state index is 13.1. The summed E-state index contributed by atoms with van der Waals surface area (Å²) in [7, 11) is 0. The van der Waals surface area contributed by atoms with Crippen LogP contribution in [0.5, 0.6) is 0 Å². The summed E-state index contributed by atoms with van der Waals surface area (Å²) in [5, 5.41) is 29.2. The first-order chi connectivity index (χ1) is 8.45. The highest BCUT2D eigenvalue weighted by Crippen LogP contribution is 2.19. The monoisotopic (exact) mass is 261 g/mol. The molecule has 9 heteroatoms. The molecule has 4 N–H and O–H groups in total. The first-order valence-corrected chi connectivity index (χ1v) is 5.21. The highest BCUT2D eigenvalue weighted by Gasteiger charge is 2.40. The average Bonchev–Trinajstić information content (AvgIpc) is 2.61. The lowest BCUT2D eigenvalue weighted by Crippen LogP contribution is -2.49. The van der Waals surface area contributed by atoms with Gasteiger partial charge in [0, 0.05) is 12.5 Å². The number of halogens is 1. The second-order valence-electron chi connectivity index (χ2n) is 4.05. The summed E-state index contributed by atoms with van der Waals surface area (Å²) < 4.78 is 13.8. The number of hydrogen-bond donors (Lipinski definition) is 4. The number of nitrogens with zero attached hydrogens (tertiary/aromatic N) is 2. The molecular formula is C9H12FN3O5. The van der Waals surface area contributed by atoms with E-state index < -0.39 is 41.9 Å². The Morgan fingerprint density at radius 2 is 2.11 bits per heavy atom. The molecular weight excluding hydrogens is 249 g/mol. The first kappa shape index (κ1) is 12.7. The summed E-state index contributed by atoms with van der Waals surface area (Å²) in [4.78, 5) is 24.1. The van der Waals surface area contributed by atoms with E-state index in [1.54, 1.807) is 4.98 Å². The molecule has 3 atom stereocenters. The van der Waals surface area contributed by atoms with Crippen LogP contribution >= 0.6 is 0 Å². The molecule has 0 bridgehead atoms. The molecule has 18 heavy (non-hydrogen) atoms. The minimum absolute atomic E-state index is 0.0514. The van der Waals surface area contributed by atoms with Gasteiger partial charge in [-0.05, 0) is 0 Å². The zero-order chi connectivity index (χ0) is 13.4. The van der Waals surface area contributed by atoms with E-state index in [0.29, 0.717) is 10.9 Å². The van der Waals surface area contributed by atoms with Gasteiger partial charge in [-0.15, -0.1) is 0 Å². The second-order valence-corrected chi connectivity index (χ2v) is 4.05. The Bertz CT molecular complexity index is 556. The first-order valence-electron chi connectivity index (χ1n) is 5.21. The van der Waals surface area contributed by atoms with E-state index >= 15 is 0 Å². The van der Waals surface area contributed by atoms with Crippen molar-refractivity contribution in [3.8, 4) is 0 Å². The van der Waals surface area contributed by atoms with Crippen molar-refractivity contribution in [2.75, 3.05) is 18.2 Å². The number of aromatic nitrogens is 2. The number of nitrogens with one attached hydrogen (secondary N) is 1. The van der Waals surface area contributed by atoms with Crippen LogP contribution in [0.15, 0.2) is 15.8 Å². The van der Waals surface area contributed by atoms with Crippen LogP contribution in [-0.2, 0) is 0 Å². The summed E-state index contributed by atoms with van der Waals surface area (Å²) in [5.41, 5.74) is -2.10. The third-order valence-electron chi connectivity index (χ3n) is 2.91. The largest absolute Gasteiger partial charge is 0.396 e. The Morgan fingerprint density at radius 1 is 1.44 bits per heavy atom. The fourth-order valence-electron chi connectivity index (χ4n) is 1.89. The molecule has 0 unspecified atom stereocenters. The standard InChI is InChI=1S/C9H12FN3O5/c10-5-2-13(9(18)11-7(5)16)12-1-4(3-14)6(15)8(12)17/h2,4,6,8,14-15,17H,1,3H2,(H,11,16,18)/t4-,6-,8-/m1/s1. The Kier molecular flexibility index (Phi) is 3.20. The highest BCUT2D eigenvalue weighted by molar-refractivity contribution is 5.05. The lowest BCUT2D eigenvalue weighted by molar-refractivity contribution is 0.00236. The molecule has 2 heterocycles. The fraction of sp³-hybridized carbons (Fsp3) is 0.556. The van der Waals surface area contributed by atoms with Crippen molar-refractivity contribution in [2.24, 2.45) is 5.92 Å². The molecule has 100 valence electrons. The fourth-order valence-corrected chi connectivity index (χ4v) is 1.89. The Labute approximate surface area is 99.5 Å². The van der Waals surface area contributed by atoms with Gasteiger partial charge in [-0.1, -0.05) is 0 Å². The molecule has 1 aliphatic heterocycles. The maximum absolute atomic E-state index is 13.1. The molecule has 0 spiro atoms. The minimum Gasteiger partial charge on any atom is -0.396 e. The maximum Gasteiger partial charge on any atom is 0.347 e. The zero-order valence-corrected chi connectivity index (χ0v) is 9.15. The van der Waals surface area contributed by atoms with Crippen LogP contribution in [0.25, 0.3) is 0 Å². The van der Waals surface area contributed by atoms with Crippen LogP contribution in [-0.4, -0.2) is 50.5 Å². The van der Waals surface area contributed by atoms with Gasteiger partial charge < -0.3 is 15.3 Å². The van der Waals surface area contributed by atoms with Gasteiger partial charge in [0.15, 0.2) is 6.23 Å². The molecule has 0 aromatic carbocycles. The number of rotatable bonds is 2. The van der Waals surface area contributed by atoms with Crippen LogP contribution in [0.4, 0.5) is 4.39 Å². The van der Waals surface area contributed by atoms with Crippen LogP contribution in [0.1, 0.15) is 0 Å². The highest BCUT2D eigenvalue weighted by atomic mass is 19.1. The van der Waals surface area contributed by atoms with Gasteiger partial charge >= 0.3 is 5.69 Å². The molecule has 0 aliphatic carbocycles. The minimum atomic E-state index is -1.47. The van der Waals surface area contributed by atoms with Crippen molar-refractivity contribution >= 4 is 0 Å². The van der Waals surface area contributed by atoms with Crippen molar-refractivity contribution < 1.29 is 19.7 Å². The van der Waals surface area contributed by atoms with Crippen LogP contribution < -0.4 is 16.3 Å². The van der Waals surface area contributed by atoms with Crippen molar-refractivity contribution in [3.63, 3.8) is 0 Å². The summed E-state index contributed by atoms with van der Waals surface area (Å²) in [6, 6.07) is 0. The molecule has 1 aromatic rings. The predicted molar refractivity (Wildman–Crippen MR) is 57.0 cm³/mol. The van der Waals surface area contributed by atoms with Crippen molar-refractivity contribution in [3.05, 3.63) is 32.9 Å². The van der Waals surface area contributed by atoms with Crippen LogP contribution in [0, 0.1) is 11.7 Å².